The lowest BCUT2D eigenvalue weighted by Crippen LogP contribution is -2.36. The number of amides is 1. The number of hydrogen-bond donors (Lipinski definition) is 0. The normalized spacial score (nSPS) is 14.0. The van der Waals surface area contributed by atoms with Gasteiger partial charge in [-0.05, 0) is 36.1 Å². The quantitative estimate of drug-likeness (QED) is 0.743. The highest BCUT2D eigenvalue weighted by molar-refractivity contribution is 5.80. The van der Waals surface area contributed by atoms with Gasteiger partial charge in [0.15, 0.2) is 0 Å². The third-order valence-corrected chi connectivity index (χ3v) is 4.82. The Kier molecular flexibility index (Phi) is 3.81. The minimum Gasteiger partial charge on any atom is -0.338 e. The Morgan fingerprint density at radius 3 is 2.88 bits per heavy atom. The lowest BCUT2D eigenvalue weighted by Gasteiger charge is -2.29. The molecule has 2 heterocycles. The number of carbonyl (C=O) groups excluding carboxylic acids is 1. The molecule has 1 amide bonds. The maximum absolute atomic E-state index is 12.6. The van der Waals surface area contributed by atoms with Gasteiger partial charge in [-0.1, -0.05) is 36.4 Å². The van der Waals surface area contributed by atoms with E-state index in [1.165, 1.54) is 16.7 Å². The summed E-state index contributed by atoms with van der Waals surface area (Å²) in [4.78, 5) is 14.6. The maximum atomic E-state index is 12.6. The van der Waals surface area contributed by atoms with Crippen molar-refractivity contribution < 1.29 is 4.79 Å². The molecule has 1 aliphatic rings. The van der Waals surface area contributed by atoms with Crippen molar-refractivity contribution in [3.05, 3.63) is 65.4 Å². The zero-order chi connectivity index (χ0) is 16.5. The summed E-state index contributed by atoms with van der Waals surface area (Å²) in [6.45, 7) is 4.25. The summed E-state index contributed by atoms with van der Waals surface area (Å²) < 4.78 is 1.94. The number of rotatable bonds is 3. The fourth-order valence-electron chi connectivity index (χ4n) is 3.43. The van der Waals surface area contributed by atoms with E-state index in [1.54, 1.807) is 0 Å². The van der Waals surface area contributed by atoms with E-state index in [2.05, 4.69) is 48.4 Å². The van der Waals surface area contributed by atoms with Crippen LogP contribution in [0.15, 0.2) is 48.7 Å². The Hall–Kier alpha value is -2.62. The minimum absolute atomic E-state index is 0.209. The molecule has 122 valence electrons. The molecule has 2 aromatic carbocycles. The Balaban J connectivity index is 1.44. The highest BCUT2D eigenvalue weighted by Crippen LogP contribution is 2.20. The van der Waals surface area contributed by atoms with E-state index in [4.69, 9.17) is 0 Å². The van der Waals surface area contributed by atoms with Gasteiger partial charge in [-0.2, -0.15) is 5.10 Å². The highest BCUT2D eigenvalue weighted by Gasteiger charge is 2.20. The molecule has 3 aromatic rings. The summed E-state index contributed by atoms with van der Waals surface area (Å²) in [6, 6.07) is 14.7. The van der Waals surface area contributed by atoms with Gasteiger partial charge >= 0.3 is 0 Å². The molecule has 4 nitrogen and oxygen atoms in total. The Morgan fingerprint density at radius 1 is 1.17 bits per heavy atom. The lowest BCUT2D eigenvalue weighted by atomic mass is 10.00. The summed E-state index contributed by atoms with van der Waals surface area (Å²) in [7, 11) is 0. The molecule has 1 aliphatic heterocycles. The molecule has 0 fully saturated rings. The van der Waals surface area contributed by atoms with Gasteiger partial charge < -0.3 is 4.90 Å². The maximum Gasteiger partial charge on any atom is 0.224 e. The smallest absolute Gasteiger partial charge is 0.224 e. The monoisotopic (exact) mass is 319 g/mol. The minimum atomic E-state index is 0.209. The molecule has 0 aliphatic carbocycles. The molecule has 0 saturated carbocycles. The fraction of sp³-hybridized carbons (Fsp3) is 0.300. The van der Waals surface area contributed by atoms with E-state index in [1.807, 2.05) is 21.8 Å². The third kappa shape index (κ3) is 2.80. The average molecular weight is 319 g/mol. The third-order valence-electron chi connectivity index (χ3n) is 4.82. The van der Waals surface area contributed by atoms with Crippen molar-refractivity contribution in [1.29, 1.82) is 0 Å². The Bertz CT molecular complexity index is 897. The molecule has 0 unspecified atom stereocenters. The van der Waals surface area contributed by atoms with Gasteiger partial charge in [-0.25, -0.2) is 0 Å². The molecule has 4 rings (SSSR count). The zero-order valence-corrected chi connectivity index (χ0v) is 13.9. The van der Waals surface area contributed by atoms with Crippen LogP contribution in [0.4, 0.5) is 0 Å². The highest BCUT2D eigenvalue weighted by atomic mass is 16.2. The number of fused-ring (bicyclic) bond motifs is 2. The van der Waals surface area contributed by atoms with Crippen LogP contribution >= 0.6 is 0 Å². The predicted octanol–water partition coefficient (Wildman–Crippen LogP) is 3.32. The van der Waals surface area contributed by atoms with Crippen LogP contribution in [0.25, 0.3) is 10.9 Å². The van der Waals surface area contributed by atoms with E-state index in [-0.39, 0.29) is 5.91 Å². The van der Waals surface area contributed by atoms with E-state index in [0.29, 0.717) is 13.0 Å². The van der Waals surface area contributed by atoms with E-state index >= 15 is 0 Å². The Labute approximate surface area is 141 Å². The van der Waals surface area contributed by atoms with Gasteiger partial charge in [0, 0.05) is 24.9 Å². The molecule has 24 heavy (non-hydrogen) atoms. The second kappa shape index (κ2) is 6.11. The molecular formula is C20H21N3O. The average Bonchev–Trinajstić information content (AvgIpc) is 3.01. The second-order valence-electron chi connectivity index (χ2n) is 6.51. The number of aromatic nitrogens is 2. The fourth-order valence-corrected chi connectivity index (χ4v) is 3.43. The topological polar surface area (TPSA) is 38.1 Å². The summed E-state index contributed by atoms with van der Waals surface area (Å²) >= 11 is 0. The van der Waals surface area contributed by atoms with Gasteiger partial charge in [0.25, 0.3) is 0 Å². The van der Waals surface area contributed by atoms with E-state index in [9.17, 15) is 4.79 Å². The molecular weight excluding hydrogens is 298 g/mol. The van der Waals surface area contributed by atoms with Crippen molar-refractivity contribution in [2.45, 2.75) is 32.9 Å². The first kappa shape index (κ1) is 14.9. The molecule has 0 saturated heterocycles. The van der Waals surface area contributed by atoms with Crippen molar-refractivity contribution in [2.75, 3.05) is 6.54 Å². The first-order valence-corrected chi connectivity index (χ1v) is 8.47. The largest absolute Gasteiger partial charge is 0.338 e. The van der Waals surface area contributed by atoms with Gasteiger partial charge in [-0.3, -0.25) is 9.48 Å². The molecule has 4 heteroatoms. The second-order valence-corrected chi connectivity index (χ2v) is 6.51. The molecule has 0 spiro atoms. The summed E-state index contributed by atoms with van der Waals surface area (Å²) in [6.07, 6.45) is 3.31. The standard InChI is InChI=1S/C20H21N3O/c1-15-6-7-17-13-21-23(19(17)12-15)11-9-20(24)22-10-8-16-4-2-3-5-18(16)14-22/h2-7,12-13H,8-11,14H2,1H3. The van der Waals surface area contributed by atoms with Crippen molar-refractivity contribution in [1.82, 2.24) is 14.7 Å². The zero-order valence-electron chi connectivity index (χ0n) is 13.9. The van der Waals surface area contributed by atoms with Crippen molar-refractivity contribution in [3.63, 3.8) is 0 Å². The lowest BCUT2D eigenvalue weighted by molar-refractivity contribution is -0.132. The number of benzene rings is 2. The number of nitrogens with zero attached hydrogens (tertiary/aromatic N) is 3. The van der Waals surface area contributed by atoms with Gasteiger partial charge in [0.2, 0.25) is 5.91 Å². The number of hydrogen-bond acceptors (Lipinski definition) is 2. The van der Waals surface area contributed by atoms with Crippen LogP contribution in [0.3, 0.4) is 0 Å². The number of carbonyl (C=O) groups is 1. The molecule has 0 bridgehead atoms. The summed E-state index contributed by atoms with van der Waals surface area (Å²) in [5, 5.41) is 5.56. The summed E-state index contributed by atoms with van der Waals surface area (Å²) in [5.74, 6) is 0.209. The first-order chi connectivity index (χ1) is 11.7. The summed E-state index contributed by atoms with van der Waals surface area (Å²) in [5.41, 5.74) is 4.96. The van der Waals surface area contributed by atoms with Crippen LogP contribution in [0.2, 0.25) is 0 Å². The van der Waals surface area contributed by atoms with Gasteiger partial charge in [-0.15, -0.1) is 0 Å². The van der Waals surface area contributed by atoms with Crippen LogP contribution in [0.1, 0.15) is 23.1 Å². The van der Waals surface area contributed by atoms with E-state index < -0.39 is 0 Å². The molecule has 1 aromatic heterocycles. The van der Waals surface area contributed by atoms with Gasteiger partial charge in [0.05, 0.1) is 18.3 Å². The first-order valence-electron chi connectivity index (χ1n) is 8.47. The predicted molar refractivity (Wildman–Crippen MR) is 94.7 cm³/mol. The van der Waals surface area contributed by atoms with Gasteiger partial charge in [0.1, 0.15) is 0 Å². The van der Waals surface area contributed by atoms with E-state index in [0.717, 1.165) is 30.4 Å². The SMILES string of the molecule is Cc1ccc2cnn(CCC(=O)N3CCc4ccccc4C3)c2c1. The van der Waals surface area contributed by atoms with Crippen LogP contribution < -0.4 is 0 Å². The van der Waals surface area contributed by atoms with Crippen molar-refractivity contribution in [3.8, 4) is 0 Å². The van der Waals surface area contributed by atoms with Crippen molar-refractivity contribution in [2.24, 2.45) is 0 Å². The number of aryl methyl sites for hydroxylation is 2. The molecule has 0 radical (unpaired) electrons. The molecule has 0 atom stereocenters. The van der Waals surface area contributed by atoms with Crippen LogP contribution in [-0.2, 0) is 24.3 Å². The van der Waals surface area contributed by atoms with Crippen LogP contribution in [0, 0.1) is 6.92 Å². The molecule has 0 N–H and O–H groups in total. The van der Waals surface area contributed by atoms with Crippen LogP contribution in [-0.4, -0.2) is 27.1 Å². The van der Waals surface area contributed by atoms with Crippen LogP contribution in [0.5, 0.6) is 0 Å². The Morgan fingerprint density at radius 2 is 2.00 bits per heavy atom. The van der Waals surface area contributed by atoms with Crippen molar-refractivity contribution >= 4 is 16.8 Å².